The maximum atomic E-state index is 11.4. The number of ether oxygens (including phenoxy) is 1. The van der Waals surface area contributed by atoms with Gasteiger partial charge in [-0.1, -0.05) is 11.3 Å². The van der Waals surface area contributed by atoms with Crippen molar-refractivity contribution < 1.29 is 13.2 Å². The van der Waals surface area contributed by atoms with Crippen LogP contribution in [0.3, 0.4) is 0 Å². The Morgan fingerprint density at radius 1 is 1.20 bits per heavy atom. The van der Waals surface area contributed by atoms with Crippen LogP contribution in [0.15, 0.2) is 4.34 Å². The van der Waals surface area contributed by atoms with Gasteiger partial charge in [0.1, 0.15) is 4.70 Å². The molecule has 1 aliphatic rings. The first-order valence-electron chi connectivity index (χ1n) is 5.56. The van der Waals surface area contributed by atoms with Gasteiger partial charge in [0, 0.05) is 23.8 Å². The summed E-state index contributed by atoms with van der Waals surface area (Å²) in [7, 11) is 1.41. The van der Waals surface area contributed by atoms with Crippen molar-refractivity contribution in [3.05, 3.63) is 5.28 Å². The third-order valence-corrected chi connectivity index (χ3v) is 5.84. The minimum Gasteiger partial charge on any atom is -0.378 e. The van der Waals surface area contributed by atoms with E-state index >= 15 is 0 Å². The van der Waals surface area contributed by atoms with E-state index in [0.717, 1.165) is 11.3 Å². The average molecular weight is 355 g/mol. The zero-order valence-corrected chi connectivity index (χ0v) is 13.1. The topological polar surface area (TPSA) is 85.3 Å². The van der Waals surface area contributed by atoms with Gasteiger partial charge in [0.05, 0.1) is 13.2 Å². The van der Waals surface area contributed by atoms with Gasteiger partial charge < -0.3 is 9.64 Å². The summed E-state index contributed by atoms with van der Waals surface area (Å²) in [5.41, 5.74) is 0.232. The van der Waals surface area contributed by atoms with Crippen molar-refractivity contribution in [2.45, 2.75) is 4.34 Å². The highest BCUT2D eigenvalue weighted by atomic mass is 35.7. The van der Waals surface area contributed by atoms with Gasteiger partial charge in [-0.05, 0) is 11.6 Å². The maximum absolute atomic E-state index is 11.4. The number of anilines is 1. The number of aromatic nitrogens is 3. The molecule has 0 unspecified atom stereocenters. The van der Waals surface area contributed by atoms with Crippen LogP contribution < -0.4 is 4.90 Å². The molecule has 7 nitrogen and oxygen atoms in total. The molecule has 0 aliphatic carbocycles. The molecule has 0 bridgehead atoms. The normalized spacial score (nSPS) is 16.8. The van der Waals surface area contributed by atoms with Crippen LogP contribution in [0.25, 0.3) is 10.3 Å². The molecule has 108 valence electrons. The van der Waals surface area contributed by atoms with Crippen molar-refractivity contribution >= 4 is 58.8 Å². The first-order chi connectivity index (χ1) is 9.45. The van der Waals surface area contributed by atoms with E-state index in [0.29, 0.717) is 36.8 Å². The second kappa shape index (κ2) is 5.23. The third-order valence-electron chi connectivity index (χ3n) is 2.71. The molecule has 11 heteroatoms. The Bertz CT molecular complexity index is 758. The molecule has 0 aromatic carbocycles. The van der Waals surface area contributed by atoms with Crippen LogP contribution in [0.1, 0.15) is 0 Å². The van der Waals surface area contributed by atoms with E-state index in [1.807, 2.05) is 4.90 Å². The van der Waals surface area contributed by atoms with Crippen molar-refractivity contribution in [3.63, 3.8) is 0 Å². The van der Waals surface area contributed by atoms with E-state index in [2.05, 4.69) is 15.0 Å². The molecule has 1 fully saturated rings. The molecular formula is C9H8Cl2N4O3S2. The summed E-state index contributed by atoms with van der Waals surface area (Å²) in [6.45, 7) is 2.43. The number of nitrogens with zero attached hydrogens (tertiary/aromatic N) is 4. The average Bonchev–Trinajstić information content (AvgIpc) is 2.82. The molecule has 0 atom stereocenters. The lowest BCUT2D eigenvalue weighted by atomic mass is 10.4. The number of fused-ring (bicyclic) bond motifs is 1. The molecule has 1 saturated heterocycles. The van der Waals surface area contributed by atoms with Gasteiger partial charge in [0.2, 0.25) is 9.62 Å². The van der Waals surface area contributed by atoms with Crippen molar-refractivity contribution in [1.29, 1.82) is 0 Å². The Morgan fingerprint density at radius 2 is 1.90 bits per heavy atom. The summed E-state index contributed by atoms with van der Waals surface area (Å²) in [5.74, 6) is 0.562. The maximum Gasteiger partial charge on any atom is 0.288 e. The van der Waals surface area contributed by atoms with E-state index in [4.69, 9.17) is 27.0 Å². The highest BCUT2D eigenvalue weighted by molar-refractivity contribution is 8.15. The van der Waals surface area contributed by atoms with Crippen molar-refractivity contribution in [2.24, 2.45) is 0 Å². The number of hydrogen-bond donors (Lipinski definition) is 0. The highest BCUT2D eigenvalue weighted by Crippen LogP contribution is 2.33. The van der Waals surface area contributed by atoms with Gasteiger partial charge in [0.15, 0.2) is 11.5 Å². The van der Waals surface area contributed by atoms with E-state index in [-0.39, 0.29) is 15.3 Å². The number of hydrogen-bond acceptors (Lipinski definition) is 8. The van der Waals surface area contributed by atoms with Crippen LogP contribution in [0, 0.1) is 0 Å². The molecule has 3 heterocycles. The molecule has 0 amide bonds. The van der Waals surface area contributed by atoms with Gasteiger partial charge >= 0.3 is 0 Å². The Labute approximate surface area is 127 Å². The van der Waals surface area contributed by atoms with Gasteiger partial charge in [0.25, 0.3) is 9.05 Å². The monoisotopic (exact) mass is 354 g/mol. The summed E-state index contributed by atoms with van der Waals surface area (Å²) < 4.78 is 28.4. The third kappa shape index (κ3) is 2.68. The lowest BCUT2D eigenvalue weighted by molar-refractivity contribution is 0.122. The number of thiazole rings is 1. The van der Waals surface area contributed by atoms with Crippen LogP contribution in [-0.2, 0) is 13.8 Å². The zero-order chi connectivity index (χ0) is 14.3. The van der Waals surface area contributed by atoms with Crippen LogP contribution in [0.5, 0.6) is 0 Å². The molecule has 2 aromatic heterocycles. The van der Waals surface area contributed by atoms with Crippen LogP contribution in [0.2, 0.25) is 5.28 Å². The Kier molecular flexibility index (Phi) is 3.71. The number of rotatable bonds is 2. The summed E-state index contributed by atoms with van der Waals surface area (Å²) >= 11 is 6.80. The number of halogens is 2. The largest absolute Gasteiger partial charge is 0.378 e. The van der Waals surface area contributed by atoms with Crippen LogP contribution >= 0.6 is 33.6 Å². The highest BCUT2D eigenvalue weighted by Gasteiger charge is 2.23. The molecule has 2 aromatic rings. The fourth-order valence-corrected chi connectivity index (χ4v) is 4.00. The first kappa shape index (κ1) is 14.2. The summed E-state index contributed by atoms with van der Waals surface area (Å²) in [6.07, 6.45) is 0. The van der Waals surface area contributed by atoms with Crippen molar-refractivity contribution in [2.75, 3.05) is 31.2 Å². The van der Waals surface area contributed by atoms with E-state index < -0.39 is 9.05 Å². The minimum absolute atomic E-state index is 0.0165. The summed E-state index contributed by atoms with van der Waals surface area (Å²) in [5, 5.41) is 0.0165. The molecule has 0 N–H and O–H groups in total. The van der Waals surface area contributed by atoms with Gasteiger partial charge in [-0.3, -0.25) is 0 Å². The number of morpholine rings is 1. The molecule has 3 rings (SSSR count). The van der Waals surface area contributed by atoms with E-state index in [1.54, 1.807) is 0 Å². The van der Waals surface area contributed by atoms with Gasteiger partial charge in [-0.25, -0.2) is 13.4 Å². The fourth-order valence-electron chi connectivity index (χ4n) is 1.86. The SMILES string of the molecule is O=S(=O)(Cl)c1nc2nc(Cl)nc(N3CCOCC3)c2s1. The quantitative estimate of drug-likeness (QED) is 0.596. The molecule has 0 saturated carbocycles. The summed E-state index contributed by atoms with van der Waals surface area (Å²) in [4.78, 5) is 14.0. The van der Waals surface area contributed by atoms with Crippen molar-refractivity contribution in [3.8, 4) is 0 Å². The Hall–Kier alpha value is -0.740. The molecule has 20 heavy (non-hydrogen) atoms. The van der Waals surface area contributed by atoms with Gasteiger partial charge in [-0.15, -0.1) is 0 Å². The molecule has 0 radical (unpaired) electrons. The zero-order valence-electron chi connectivity index (χ0n) is 9.91. The lowest BCUT2D eigenvalue weighted by Gasteiger charge is -2.27. The Morgan fingerprint density at radius 3 is 2.55 bits per heavy atom. The minimum atomic E-state index is -3.90. The standard InChI is InChI=1S/C9H8Cl2N4O3S2/c10-8-12-6-5(19-9(13-6)20(11,16)17)7(14-8)15-1-3-18-4-2-15/h1-4H2. The predicted octanol–water partition coefficient (Wildman–Crippen LogP) is 1.50. The predicted molar refractivity (Wildman–Crippen MR) is 76.3 cm³/mol. The Balaban J connectivity index is 2.17. The first-order valence-corrected chi connectivity index (χ1v) is 9.07. The lowest BCUT2D eigenvalue weighted by Crippen LogP contribution is -2.36. The molecule has 0 spiro atoms. The smallest absolute Gasteiger partial charge is 0.288 e. The van der Waals surface area contributed by atoms with E-state index in [1.165, 1.54) is 0 Å². The second-order valence-corrected chi connectivity index (χ2v) is 8.06. The molecular weight excluding hydrogens is 347 g/mol. The van der Waals surface area contributed by atoms with Gasteiger partial charge in [-0.2, -0.15) is 9.97 Å². The second-order valence-electron chi connectivity index (χ2n) is 3.99. The fraction of sp³-hybridized carbons (Fsp3) is 0.444. The van der Waals surface area contributed by atoms with E-state index in [9.17, 15) is 8.42 Å². The van der Waals surface area contributed by atoms with Crippen LogP contribution in [-0.4, -0.2) is 49.7 Å². The van der Waals surface area contributed by atoms with Crippen molar-refractivity contribution in [1.82, 2.24) is 15.0 Å². The van der Waals surface area contributed by atoms with Crippen LogP contribution in [0.4, 0.5) is 5.82 Å². The molecule has 1 aliphatic heterocycles. The summed E-state index contributed by atoms with van der Waals surface area (Å²) in [6, 6.07) is 0.